The summed E-state index contributed by atoms with van der Waals surface area (Å²) in [6, 6.07) is 0.461. The van der Waals surface area contributed by atoms with Crippen molar-refractivity contribution in [2.24, 2.45) is 0 Å². The van der Waals surface area contributed by atoms with Crippen molar-refractivity contribution < 1.29 is 9.47 Å². The normalized spacial score (nSPS) is 13.2. The largest absolute Gasteiger partial charge is 0.385 e. The van der Waals surface area contributed by atoms with Crippen LogP contribution in [-0.2, 0) is 9.47 Å². The van der Waals surface area contributed by atoms with Gasteiger partial charge in [-0.15, -0.1) is 0 Å². The van der Waals surface area contributed by atoms with Gasteiger partial charge in [-0.1, -0.05) is 6.92 Å². The van der Waals surface area contributed by atoms with Gasteiger partial charge in [-0.3, -0.25) is 0 Å². The van der Waals surface area contributed by atoms with Crippen molar-refractivity contribution in [3.8, 4) is 0 Å². The summed E-state index contributed by atoms with van der Waals surface area (Å²) in [4.78, 5) is 0. The van der Waals surface area contributed by atoms with E-state index < -0.39 is 0 Å². The monoisotopic (exact) mass is 189 g/mol. The number of methoxy groups -OCH3 is 1. The topological polar surface area (TPSA) is 30.5 Å². The predicted molar refractivity (Wildman–Crippen MR) is 55.1 cm³/mol. The van der Waals surface area contributed by atoms with E-state index in [1.807, 2.05) is 0 Å². The van der Waals surface area contributed by atoms with Crippen LogP contribution in [0.5, 0.6) is 0 Å². The molecule has 13 heavy (non-hydrogen) atoms. The molecule has 0 aromatic rings. The molecule has 0 amide bonds. The quantitative estimate of drug-likeness (QED) is 0.557. The van der Waals surface area contributed by atoms with Crippen molar-refractivity contribution in [2.75, 3.05) is 33.5 Å². The Labute approximate surface area is 81.8 Å². The van der Waals surface area contributed by atoms with Gasteiger partial charge in [0.05, 0.1) is 6.61 Å². The summed E-state index contributed by atoms with van der Waals surface area (Å²) in [7, 11) is 1.71. The summed E-state index contributed by atoms with van der Waals surface area (Å²) in [5, 5.41) is 3.37. The predicted octanol–water partition coefficient (Wildman–Crippen LogP) is 1.43. The molecule has 0 aromatic carbocycles. The van der Waals surface area contributed by atoms with Crippen molar-refractivity contribution in [2.45, 2.75) is 32.7 Å². The Hall–Kier alpha value is -0.120. The van der Waals surface area contributed by atoms with Gasteiger partial charge in [-0.25, -0.2) is 0 Å². The molecule has 0 aliphatic carbocycles. The van der Waals surface area contributed by atoms with Gasteiger partial charge in [-0.2, -0.15) is 0 Å². The zero-order valence-corrected chi connectivity index (χ0v) is 9.14. The standard InChI is InChI=1S/C10H23NO2/c1-4-6-11-10(2)9-13-8-5-7-12-3/h10-11H,4-9H2,1-3H3. The molecule has 0 bridgehead atoms. The Kier molecular flexibility index (Phi) is 9.87. The first-order valence-electron chi connectivity index (χ1n) is 5.11. The Morgan fingerprint density at radius 1 is 1.31 bits per heavy atom. The van der Waals surface area contributed by atoms with Gasteiger partial charge >= 0.3 is 0 Å². The molecule has 0 aromatic heterocycles. The average Bonchev–Trinajstić information content (AvgIpc) is 2.14. The molecule has 0 aliphatic rings. The van der Waals surface area contributed by atoms with Crippen LogP contribution in [0, 0.1) is 0 Å². The van der Waals surface area contributed by atoms with Gasteiger partial charge in [-0.05, 0) is 26.3 Å². The van der Waals surface area contributed by atoms with Crippen molar-refractivity contribution >= 4 is 0 Å². The molecule has 0 spiro atoms. The van der Waals surface area contributed by atoms with Crippen LogP contribution in [0.2, 0.25) is 0 Å². The molecule has 1 unspecified atom stereocenters. The van der Waals surface area contributed by atoms with Gasteiger partial charge in [0.1, 0.15) is 0 Å². The number of nitrogens with one attached hydrogen (secondary N) is 1. The van der Waals surface area contributed by atoms with Gasteiger partial charge in [0.25, 0.3) is 0 Å². The third-order valence-corrected chi connectivity index (χ3v) is 1.75. The van der Waals surface area contributed by atoms with Gasteiger partial charge in [0, 0.05) is 26.4 Å². The van der Waals surface area contributed by atoms with Crippen LogP contribution in [0.4, 0.5) is 0 Å². The number of rotatable bonds is 9. The first-order chi connectivity index (χ1) is 6.31. The Bertz CT molecular complexity index is 98.9. The lowest BCUT2D eigenvalue weighted by atomic mass is 10.3. The molecule has 0 fully saturated rings. The minimum atomic E-state index is 0.461. The molecule has 0 rings (SSSR count). The highest BCUT2D eigenvalue weighted by atomic mass is 16.5. The van der Waals surface area contributed by atoms with Crippen LogP contribution in [0.15, 0.2) is 0 Å². The molecule has 1 N–H and O–H groups in total. The lowest BCUT2D eigenvalue weighted by Gasteiger charge is -2.13. The fourth-order valence-electron chi connectivity index (χ4n) is 1.02. The van der Waals surface area contributed by atoms with Crippen LogP contribution in [-0.4, -0.2) is 39.5 Å². The molecular formula is C10H23NO2. The average molecular weight is 189 g/mol. The van der Waals surface area contributed by atoms with Crippen LogP contribution >= 0.6 is 0 Å². The highest BCUT2D eigenvalue weighted by molar-refractivity contribution is 4.57. The number of hydrogen-bond acceptors (Lipinski definition) is 3. The van der Waals surface area contributed by atoms with Crippen LogP contribution < -0.4 is 5.32 Å². The van der Waals surface area contributed by atoms with Crippen molar-refractivity contribution in [3.05, 3.63) is 0 Å². The maximum atomic E-state index is 5.45. The molecule has 0 aliphatic heterocycles. The molecule has 3 heteroatoms. The summed E-state index contributed by atoms with van der Waals surface area (Å²) in [5.41, 5.74) is 0. The molecule has 0 saturated heterocycles. The lowest BCUT2D eigenvalue weighted by Crippen LogP contribution is -2.31. The maximum Gasteiger partial charge on any atom is 0.0616 e. The third-order valence-electron chi connectivity index (χ3n) is 1.75. The van der Waals surface area contributed by atoms with Crippen LogP contribution in [0.1, 0.15) is 26.7 Å². The molecular weight excluding hydrogens is 166 g/mol. The summed E-state index contributed by atoms with van der Waals surface area (Å²) >= 11 is 0. The zero-order chi connectivity index (χ0) is 9.94. The minimum Gasteiger partial charge on any atom is -0.385 e. The minimum absolute atomic E-state index is 0.461. The van der Waals surface area contributed by atoms with E-state index in [4.69, 9.17) is 9.47 Å². The van der Waals surface area contributed by atoms with E-state index in [0.29, 0.717) is 6.04 Å². The fourth-order valence-corrected chi connectivity index (χ4v) is 1.02. The van der Waals surface area contributed by atoms with Gasteiger partial charge < -0.3 is 14.8 Å². The first-order valence-corrected chi connectivity index (χ1v) is 5.11. The second-order valence-electron chi connectivity index (χ2n) is 3.28. The summed E-state index contributed by atoms with van der Waals surface area (Å²) in [6.07, 6.45) is 2.16. The van der Waals surface area contributed by atoms with E-state index in [9.17, 15) is 0 Å². The SMILES string of the molecule is CCCNC(C)COCCCOC. The van der Waals surface area contributed by atoms with Crippen molar-refractivity contribution in [1.29, 1.82) is 0 Å². The van der Waals surface area contributed by atoms with Gasteiger partial charge in [0.2, 0.25) is 0 Å². The summed E-state index contributed by atoms with van der Waals surface area (Å²) < 4.78 is 10.4. The van der Waals surface area contributed by atoms with E-state index in [0.717, 1.165) is 32.8 Å². The number of ether oxygens (including phenoxy) is 2. The maximum absolute atomic E-state index is 5.45. The lowest BCUT2D eigenvalue weighted by molar-refractivity contribution is 0.0906. The molecule has 0 heterocycles. The van der Waals surface area contributed by atoms with E-state index in [2.05, 4.69) is 19.2 Å². The van der Waals surface area contributed by atoms with E-state index in [1.54, 1.807) is 7.11 Å². The van der Waals surface area contributed by atoms with E-state index in [1.165, 1.54) is 6.42 Å². The van der Waals surface area contributed by atoms with Crippen molar-refractivity contribution in [3.63, 3.8) is 0 Å². The summed E-state index contributed by atoms with van der Waals surface area (Å²) in [5.74, 6) is 0. The van der Waals surface area contributed by atoms with E-state index >= 15 is 0 Å². The first kappa shape index (κ1) is 12.9. The van der Waals surface area contributed by atoms with E-state index in [-0.39, 0.29) is 0 Å². The second kappa shape index (κ2) is 9.96. The Morgan fingerprint density at radius 3 is 2.69 bits per heavy atom. The van der Waals surface area contributed by atoms with Crippen LogP contribution in [0.3, 0.4) is 0 Å². The van der Waals surface area contributed by atoms with Crippen LogP contribution in [0.25, 0.3) is 0 Å². The fraction of sp³-hybridized carbons (Fsp3) is 1.00. The highest BCUT2D eigenvalue weighted by Gasteiger charge is 1.98. The van der Waals surface area contributed by atoms with Gasteiger partial charge in [0.15, 0.2) is 0 Å². The Balaban J connectivity index is 3.03. The molecule has 0 radical (unpaired) electrons. The second-order valence-corrected chi connectivity index (χ2v) is 3.28. The molecule has 0 saturated carbocycles. The Morgan fingerprint density at radius 2 is 2.08 bits per heavy atom. The molecule has 3 nitrogen and oxygen atoms in total. The number of hydrogen-bond donors (Lipinski definition) is 1. The smallest absolute Gasteiger partial charge is 0.0616 e. The summed E-state index contributed by atoms with van der Waals surface area (Å²) in [6.45, 7) is 7.76. The van der Waals surface area contributed by atoms with Crippen molar-refractivity contribution in [1.82, 2.24) is 5.32 Å². The molecule has 80 valence electrons. The third kappa shape index (κ3) is 9.80. The molecule has 1 atom stereocenters. The zero-order valence-electron chi connectivity index (χ0n) is 9.14. The highest BCUT2D eigenvalue weighted by Crippen LogP contribution is 1.88.